The van der Waals surface area contributed by atoms with Crippen molar-refractivity contribution in [2.45, 2.75) is 24.3 Å². The largest absolute Gasteiger partial charge is 0.370 e. The van der Waals surface area contributed by atoms with Gasteiger partial charge in [0, 0.05) is 41.1 Å². The fourth-order valence-corrected chi connectivity index (χ4v) is 5.23. The van der Waals surface area contributed by atoms with Crippen LogP contribution in [0.3, 0.4) is 0 Å². The molecule has 3 aromatic rings. The van der Waals surface area contributed by atoms with Gasteiger partial charge in [-0.15, -0.1) is 0 Å². The van der Waals surface area contributed by atoms with Crippen LogP contribution in [0.5, 0.6) is 0 Å². The molecular weight excluding hydrogens is 445 g/mol. The first-order valence-corrected chi connectivity index (χ1v) is 11.8. The van der Waals surface area contributed by atoms with E-state index in [0.29, 0.717) is 24.4 Å². The summed E-state index contributed by atoms with van der Waals surface area (Å²) in [7, 11) is 0. The molecule has 0 radical (unpaired) electrons. The van der Waals surface area contributed by atoms with Crippen LogP contribution in [0.2, 0.25) is 5.02 Å². The van der Waals surface area contributed by atoms with Crippen LogP contribution in [0.25, 0.3) is 11.1 Å². The molecule has 164 valence electrons. The van der Waals surface area contributed by atoms with Gasteiger partial charge in [-0.05, 0) is 66.8 Å². The van der Waals surface area contributed by atoms with Gasteiger partial charge in [-0.25, -0.2) is 4.39 Å². The van der Waals surface area contributed by atoms with Crippen molar-refractivity contribution in [2.24, 2.45) is 11.1 Å². The van der Waals surface area contributed by atoms with Gasteiger partial charge in [0.25, 0.3) is 0 Å². The van der Waals surface area contributed by atoms with E-state index in [9.17, 15) is 9.18 Å². The number of nitrogens with zero attached hydrogens (tertiary/aromatic N) is 2. The third kappa shape index (κ3) is 3.66. The summed E-state index contributed by atoms with van der Waals surface area (Å²) in [5, 5.41) is 6.32. The third-order valence-electron chi connectivity index (χ3n) is 6.36. The summed E-state index contributed by atoms with van der Waals surface area (Å²) in [6.45, 7) is 3.35. The molecule has 1 saturated heterocycles. The van der Waals surface area contributed by atoms with Crippen molar-refractivity contribution >= 4 is 40.8 Å². The highest BCUT2D eigenvalue weighted by Crippen LogP contribution is 2.39. The van der Waals surface area contributed by atoms with E-state index in [2.05, 4.69) is 29.2 Å². The van der Waals surface area contributed by atoms with Crippen LogP contribution >= 0.6 is 23.5 Å². The fraction of sp³-hybridized carbons (Fsp3) is 0.240. The van der Waals surface area contributed by atoms with Gasteiger partial charge < -0.3 is 9.80 Å². The van der Waals surface area contributed by atoms with Crippen LogP contribution in [0.15, 0.2) is 65.6 Å². The van der Waals surface area contributed by atoms with E-state index in [0.717, 1.165) is 45.0 Å². The van der Waals surface area contributed by atoms with Gasteiger partial charge in [-0.1, -0.05) is 41.9 Å². The van der Waals surface area contributed by atoms with Gasteiger partial charge in [-0.3, -0.25) is 9.93 Å². The molecule has 0 saturated carbocycles. The molecule has 1 amide bonds. The third-order valence-corrected chi connectivity index (χ3v) is 7.26. The average molecular weight is 468 g/mol. The summed E-state index contributed by atoms with van der Waals surface area (Å²) in [6.07, 6.45) is 0.660. The standard InChI is InChI=1S/C25H23ClFN3OS/c1-15-10-17-11-22(27)24(32-28)12-23(17)30(15)25(31)18-13-29(14-18)19-8-6-16(7-9-19)20-4-2-3-5-21(20)26/h2-9,11-12,15,18H,10,13-14,28H2,1H3/t15-/m0/s1. The summed E-state index contributed by atoms with van der Waals surface area (Å²) in [4.78, 5) is 17.7. The molecule has 0 aromatic heterocycles. The van der Waals surface area contributed by atoms with Crippen molar-refractivity contribution < 1.29 is 9.18 Å². The highest BCUT2D eigenvalue weighted by Gasteiger charge is 2.40. The monoisotopic (exact) mass is 467 g/mol. The van der Waals surface area contributed by atoms with Crippen LogP contribution in [-0.4, -0.2) is 25.0 Å². The molecule has 0 bridgehead atoms. The number of hydrogen-bond donors (Lipinski definition) is 1. The minimum Gasteiger partial charge on any atom is -0.370 e. The van der Waals surface area contributed by atoms with Crippen molar-refractivity contribution in [3.05, 3.63) is 77.1 Å². The molecule has 7 heteroatoms. The second-order valence-corrected chi connectivity index (χ2v) is 9.50. The normalized spacial score (nSPS) is 17.9. The van der Waals surface area contributed by atoms with Gasteiger partial charge in [-0.2, -0.15) is 0 Å². The Balaban J connectivity index is 1.28. The van der Waals surface area contributed by atoms with E-state index in [-0.39, 0.29) is 23.7 Å². The molecule has 2 aliphatic rings. The zero-order valence-electron chi connectivity index (χ0n) is 17.6. The number of hydrogen-bond acceptors (Lipinski definition) is 4. The van der Waals surface area contributed by atoms with E-state index in [1.807, 2.05) is 36.1 Å². The lowest BCUT2D eigenvalue weighted by Gasteiger charge is -2.42. The Morgan fingerprint density at radius 2 is 1.84 bits per heavy atom. The number of benzene rings is 3. The molecule has 3 aromatic carbocycles. The molecule has 2 N–H and O–H groups in total. The Hall–Kier alpha value is -2.54. The molecule has 5 rings (SSSR count). The topological polar surface area (TPSA) is 49.6 Å². The van der Waals surface area contributed by atoms with E-state index < -0.39 is 0 Å². The van der Waals surface area contributed by atoms with E-state index >= 15 is 0 Å². The van der Waals surface area contributed by atoms with Crippen LogP contribution in [0.1, 0.15) is 12.5 Å². The number of amides is 1. The van der Waals surface area contributed by atoms with Crippen LogP contribution in [0, 0.1) is 11.7 Å². The average Bonchev–Trinajstić information content (AvgIpc) is 3.07. The van der Waals surface area contributed by atoms with Crippen molar-refractivity contribution in [1.29, 1.82) is 0 Å². The Morgan fingerprint density at radius 3 is 2.53 bits per heavy atom. The molecule has 0 spiro atoms. The van der Waals surface area contributed by atoms with Gasteiger partial charge in [0.2, 0.25) is 5.91 Å². The van der Waals surface area contributed by atoms with E-state index in [4.69, 9.17) is 16.7 Å². The second-order valence-electron chi connectivity index (χ2n) is 8.42. The Morgan fingerprint density at radius 1 is 1.12 bits per heavy atom. The molecule has 0 aliphatic carbocycles. The predicted octanol–water partition coefficient (Wildman–Crippen LogP) is 5.53. The number of carbonyl (C=O) groups excluding carboxylic acids is 1. The maximum Gasteiger partial charge on any atom is 0.233 e. The lowest BCUT2D eigenvalue weighted by molar-refractivity contribution is -0.123. The van der Waals surface area contributed by atoms with E-state index in [1.165, 1.54) is 6.07 Å². The number of carbonyl (C=O) groups is 1. The summed E-state index contributed by atoms with van der Waals surface area (Å²) in [6, 6.07) is 19.3. The van der Waals surface area contributed by atoms with Gasteiger partial charge in [0.1, 0.15) is 5.82 Å². The Kier molecular flexibility index (Phi) is 5.61. The number of halogens is 2. The quantitative estimate of drug-likeness (QED) is 0.513. The number of anilines is 2. The van der Waals surface area contributed by atoms with Crippen LogP contribution in [0.4, 0.5) is 15.8 Å². The molecule has 2 heterocycles. The Bertz CT molecular complexity index is 1180. The lowest BCUT2D eigenvalue weighted by Crippen LogP contribution is -2.55. The summed E-state index contributed by atoms with van der Waals surface area (Å²) >= 11 is 7.18. The first-order valence-electron chi connectivity index (χ1n) is 10.6. The van der Waals surface area contributed by atoms with Crippen molar-refractivity contribution in [3.63, 3.8) is 0 Å². The minimum absolute atomic E-state index is 0.0129. The molecule has 4 nitrogen and oxygen atoms in total. The molecule has 0 unspecified atom stereocenters. The highest BCUT2D eigenvalue weighted by molar-refractivity contribution is 7.97. The second kappa shape index (κ2) is 8.43. The van der Waals surface area contributed by atoms with Crippen molar-refractivity contribution in [2.75, 3.05) is 22.9 Å². The Labute approximate surface area is 196 Å². The first-order chi connectivity index (χ1) is 15.5. The molecule has 1 atom stereocenters. The summed E-state index contributed by atoms with van der Waals surface area (Å²) in [5.41, 5.74) is 4.82. The van der Waals surface area contributed by atoms with Crippen LogP contribution in [-0.2, 0) is 11.2 Å². The van der Waals surface area contributed by atoms with Gasteiger partial charge in [0.05, 0.1) is 10.8 Å². The lowest BCUT2D eigenvalue weighted by atomic mass is 9.96. The minimum atomic E-state index is -0.326. The summed E-state index contributed by atoms with van der Waals surface area (Å²) in [5.74, 6) is -0.307. The molecule has 32 heavy (non-hydrogen) atoms. The predicted molar refractivity (Wildman–Crippen MR) is 130 cm³/mol. The number of nitrogens with two attached hydrogens (primary N) is 1. The zero-order chi connectivity index (χ0) is 22.4. The fourth-order valence-electron chi connectivity index (χ4n) is 4.63. The first kappa shape index (κ1) is 21.3. The van der Waals surface area contributed by atoms with Crippen molar-refractivity contribution in [1.82, 2.24) is 0 Å². The SMILES string of the molecule is C[C@H]1Cc2cc(F)c(SN)cc2N1C(=O)C1CN(c2ccc(-c3ccccc3Cl)cc2)C1. The maximum atomic E-state index is 14.1. The number of rotatable bonds is 4. The molecule has 2 aliphatic heterocycles. The molecule has 1 fully saturated rings. The smallest absolute Gasteiger partial charge is 0.233 e. The molecular formula is C25H23ClFN3OS. The van der Waals surface area contributed by atoms with Gasteiger partial charge >= 0.3 is 0 Å². The van der Waals surface area contributed by atoms with Crippen molar-refractivity contribution in [3.8, 4) is 11.1 Å². The number of fused-ring (bicyclic) bond motifs is 1. The summed E-state index contributed by atoms with van der Waals surface area (Å²) < 4.78 is 14.1. The highest BCUT2D eigenvalue weighted by atomic mass is 35.5. The van der Waals surface area contributed by atoms with E-state index in [1.54, 1.807) is 6.07 Å². The van der Waals surface area contributed by atoms with Gasteiger partial charge in [0.15, 0.2) is 0 Å². The van der Waals surface area contributed by atoms with Crippen LogP contribution < -0.4 is 14.9 Å². The maximum absolute atomic E-state index is 14.1. The zero-order valence-corrected chi connectivity index (χ0v) is 19.2.